The lowest BCUT2D eigenvalue weighted by atomic mass is 10.1. The standard InChI is InChI=1S/C21H35N5O2.HI/c1-3-22-21(24-14-9-6-5-7-12-20(27)28-4-2)26-17-15-25(16-18-26)19-11-8-10-13-23-19;/h8,10-11,13H,3-7,9,12,14-18H2,1-2H3,(H,22,24);1H. The number of rotatable bonds is 10. The highest BCUT2D eigenvalue weighted by Gasteiger charge is 2.20. The number of esters is 1. The number of nitrogens with one attached hydrogen (secondary N) is 1. The Labute approximate surface area is 192 Å². The summed E-state index contributed by atoms with van der Waals surface area (Å²) in [5, 5.41) is 3.42. The number of ether oxygens (including phenoxy) is 1. The quantitative estimate of drug-likeness (QED) is 0.169. The largest absolute Gasteiger partial charge is 0.466 e. The highest BCUT2D eigenvalue weighted by molar-refractivity contribution is 14.0. The van der Waals surface area contributed by atoms with Crippen molar-refractivity contribution in [3.63, 3.8) is 0 Å². The number of pyridine rings is 1. The van der Waals surface area contributed by atoms with Gasteiger partial charge in [-0.3, -0.25) is 9.79 Å². The van der Waals surface area contributed by atoms with Crippen LogP contribution in [0.5, 0.6) is 0 Å². The summed E-state index contributed by atoms with van der Waals surface area (Å²) < 4.78 is 4.95. The summed E-state index contributed by atoms with van der Waals surface area (Å²) in [5.41, 5.74) is 0. The van der Waals surface area contributed by atoms with Gasteiger partial charge in [-0.2, -0.15) is 0 Å². The van der Waals surface area contributed by atoms with E-state index in [4.69, 9.17) is 9.73 Å². The van der Waals surface area contributed by atoms with E-state index in [1.54, 1.807) is 0 Å². The Bertz CT molecular complexity index is 592. The Morgan fingerprint density at radius 2 is 1.90 bits per heavy atom. The van der Waals surface area contributed by atoms with E-state index in [1.165, 1.54) is 0 Å². The van der Waals surface area contributed by atoms with Gasteiger partial charge in [0.1, 0.15) is 5.82 Å². The zero-order chi connectivity index (χ0) is 20.0. The number of hydrogen-bond donors (Lipinski definition) is 1. The van der Waals surface area contributed by atoms with Gasteiger partial charge in [0.2, 0.25) is 0 Å². The van der Waals surface area contributed by atoms with Gasteiger partial charge in [-0.15, -0.1) is 24.0 Å². The Kier molecular flexibility index (Phi) is 13.4. The van der Waals surface area contributed by atoms with Gasteiger partial charge in [-0.05, 0) is 38.8 Å². The molecule has 0 radical (unpaired) electrons. The molecule has 1 aromatic heterocycles. The van der Waals surface area contributed by atoms with Crippen molar-refractivity contribution in [2.45, 2.75) is 46.0 Å². The Morgan fingerprint density at radius 1 is 1.14 bits per heavy atom. The van der Waals surface area contributed by atoms with Gasteiger partial charge in [0.15, 0.2) is 5.96 Å². The number of unbranched alkanes of at least 4 members (excludes halogenated alkanes) is 3. The summed E-state index contributed by atoms with van der Waals surface area (Å²) in [6.07, 6.45) is 6.47. The summed E-state index contributed by atoms with van der Waals surface area (Å²) in [6, 6.07) is 6.05. The smallest absolute Gasteiger partial charge is 0.305 e. The van der Waals surface area contributed by atoms with Crippen molar-refractivity contribution in [3.8, 4) is 0 Å². The number of halogens is 1. The molecule has 1 saturated heterocycles. The van der Waals surface area contributed by atoms with Crippen LogP contribution in [0.4, 0.5) is 5.82 Å². The van der Waals surface area contributed by atoms with Crippen molar-refractivity contribution in [3.05, 3.63) is 24.4 Å². The molecule has 8 heteroatoms. The molecule has 7 nitrogen and oxygen atoms in total. The van der Waals surface area contributed by atoms with E-state index in [9.17, 15) is 4.79 Å². The monoisotopic (exact) mass is 517 g/mol. The second-order valence-corrected chi connectivity index (χ2v) is 6.87. The first-order chi connectivity index (χ1) is 13.7. The maximum absolute atomic E-state index is 11.3. The minimum atomic E-state index is -0.0835. The topological polar surface area (TPSA) is 70.1 Å². The molecule has 1 fully saturated rings. The third kappa shape index (κ3) is 9.64. The van der Waals surface area contributed by atoms with Crippen LogP contribution < -0.4 is 10.2 Å². The van der Waals surface area contributed by atoms with Crippen molar-refractivity contribution in [1.29, 1.82) is 0 Å². The van der Waals surface area contributed by atoms with Crippen molar-refractivity contribution in [2.24, 2.45) is 4.99 Å². The molecule has 0 unspecified atom stereocenters. The molecule has 2 heterocycles. The molecule has 29 heavy (non-hydrogen) atoms. The molecule has 0 amide bonds. The third-order valence-corrected chi connectivity index (χ3v) is 4.74. The Balaban J connectivity index is 0.00000420. The fourth-order valence-corrected chi connectivity index (χ4v) is 3.27. The molecule has 0 aromatic carbocycles. The Morgan fingerprint density at radius 3 is 2.55 bits per heavy atom. The van der Waals surface area contributed by atoms with Crippen LogP contribution >= 0.6 is 24.0 Å². The number of anilines is 1. The first kappa shape index (κ1) is 25.5. The van der Waals surface area contributed by atoms with E-state index in [2.05, 4.69) is 33.1 Å². The summed E-state index contributed by atoms with van der Waals surface area (Å²) in [6.45, 7) is 9.91. The van der Waals surface area contributed by atoms with Crippen molar-refractivity contribution >= 4 is 41.7 Å². The fraction of sp³-hybridized carbons (Fsp3) is 0.667. The molecule has 1 aliphatic rings. The minimum Gasteiger partial charge on any atom is -0.466 e. The normalized spacial score (nSPS) is 14.3. The van der Waals surface area contributed by atoms with E-state index in [0.717, 1.165) is 76.7 Å². The van der Waals surface area contributed by atoms with Crippen LogP contribution in [0, 0.1) is 0 Å². The third-order valence-electron chi connectivity index (χ3n) is 4.74. The summed E-state index contributed by atoms with van der Waals surface area (Å²) in [4.78, 5) is 25.2. The SMILES string of the molecule is CCNC(=NCCCCCCC(=O)OCC)N1CCN(c2ccccn2)CC1.I. The van der Waals surface area contributed by atoms with Crippen LogP contribution in [-0.2, 0) is 9.53 Å². The van der Waals surface area contributed by atoms with E-state index in [0.29, 0.717) is 13.0 Å². The highest BCUT2D eigenvalue weighted by atomic mass is 127. The molecule has 0 saturated carbocycles. The molecule has 0 aliphatic carbocycles. The number of hydrogen-bond acceptors (Lipinski definition) is 5. The van der Waals surface area contributed by atoms with Gasteiger partial charge in [0.05, 0.1) is 6.61 Å². The maximum Gasteiger partial charge on any atom is 0.305 e. The van der Waals surface area contributed by atoms with Gasteiger partial charge in [-0.1, -0.05) is 18.9 Å². The van der Waals surface area contributed by atoms with E-state index >= 15 is 0 Å². The predicted molar refractivity (Wildman–Crippen MR) is 129 cm³/mol. The molecule has 1 N–H and O–H groups in total. The van der Waals surface area contributed by atoms with Gasteiger partial charge >= 0.3 is 5.97 Å². The number of piperazine rings is 1. The number of nitrogens with zero attached hydrogens (tertiary/aromatic N) is 4. The number of carbonyl (C=O) groups excluding carboxylic acids is 1. The highest BCUT2D eigenvalue weighted by Crippen LogP contribution is 2.12. The number of aliphatic imine (C=N–C) groups is 1. The van der Waals surface area contributed by atoms with Crippen LogP contribution in [-0.4, -0.2) is 67.7 Å². The van der Waals surface area contributed by atoms with Gasteiger partial charge in [0.25, 0.3) is 0 Å². The molecule has 1 aliphatic heterocycles. The van der Waals surface area contributed by atoms with E-state index < -0.39 is 0 Å². The lowest BCUT2D eigenvalue weighted by Crippen LogP contribution is -2.52. The van der Waals surface area contributed by atoms with Crippen LogP contribution in [0.2, 0.25) is 0 Å². The number of carbonyl (C=O) groups is 1. The van der Waals surface area contributed by atoms with Crippen LogP contribution in [0.25, 0.3) is 0 Å². The molecule has 2 rings (SSSR count). The van der Waals surface area contributed by atoms with Crippen LogP contribution in [0.1, 0.15) is 46.0 Å². The zero-order valence-corrected chi connectivity index (χ0v) is 20.1. The molecule has 164 valence electrons. The molecule has 1 aromatic rings. The van der Waals surface area contributed by atoms with Crippen LogP contribution in [0.3, 0.4) is 0 Å². The zero-order valence-electron chi connectivity index (χ0n) is 17.8. The number of aromatic nitrogens is 1. The van der Waals surface area contributed by atoms with Gasteiger partial charge < -0.3 is 19.9 Å². The summed E-state index contributed by atoms with van der Waals surface area (Å²) >= 11 is 0. The molecule has 0 atom stereocenters. The minimum absolute atomic E-state index is 0. The average Bonchev–Trinajstić information content (AvgIpc) is 2.73. The van der Waals surface area contributed by atoms with Gasteiger partial charge in [-0.25, -0.2) is 4.98 Å². The van der Waals surface area contributed by atoms with Gasteiger partial charge in [0, 0.05) is 51.9 Å². The second-order valence-electron chi connectivity index (χ2n) is 6.87. The maximum atomic E-state index is 11.3. The predicted octanol–water partition coefficient (Wildman–Crippen LogP) is 3.30. The molecular weight excluding hydrogens is 481 g/mol. The average molecular weight is 517 g/mol. The van der Waals surface area contributed by atoms with Crippen molar-refractivity contribution < 1.29 is 9.53 Å². The number of guanidine groups is 1. The fourth-order valence-electron chi connectivity index (χ4n) is 3.27. The Hall–Kier alpha value is -1.58. The first-order valence-corrected chi connectivity index (χ1v) is 10.6. The summed E-state index contributed by atoms with van der Waals surface area (Å²) in [5.74, 6) is 1.97. The van der Waals surface area contributed by atoms with E-state index in [1.807, 2.05) is 25.3 Å². The second kappa shape index (κ2) is 15.3. The molecular formula is C21H36IN5O2. The molecule has 0 spiro atoms. The van der Waals surface area contributed by atoms with Crippen molar-refractivity contribution in [2.75, 3.05) is 50.8 Å². The van der Waals surface area contributed by atoms with E-state index in [-0.39, 0.29) is 29.9 Å². The lowest BCUT2D eigenvalue weighted by Gasteiger charge is -2.37. The first-order valence-electron chi connectivity index (χ1n) is 10.6. The van der Waals surface area contributed by atoms with Crippen LogP contribution in [0.15, 0.2) is 29.4 Å². The lowest BCUT2D eigenvalue weighted by molar-refractivity contribution is -0.143. The summed E-state index contributed by atoms with van der Waals surface area (Å²) in [7, 11) is 0. The van der Waals surface area contributed by atoms with Crippen molar-refractivity contribution in [1.82, 2.24) is 15.2 Å². The molecule has 0 bridgehead atoms.